The zero-order valence-electron chi connectivity index (χ0n) is 11.6. The van der Waals surface area contributed by atoms with Gasteiger partial charge in [0.25, 0.3) is 0 Å². The molecule has 0 aliphatic carbocycles. The molecule has 2 aromatic rings. The van der Waals surface area contributed by atoms with Crippen LogP contribution in [-0.4, -0.2) is 0 Å². The minimum atomic E-state index is 0.186. The van der Waals surface area contributed by atoms with Gasteiger partial charge in [0.05, 0.1) is 6.04 Å². The second kappa shape index (κ2) is 6.85. The summed E-state index contributed by atoms with van der Waals surface area (Å²) in [6.07, 6.45) is 2.06. The van der Waals surface area contributed by atoms with Crippen molar-refractivity contribution in [2.24, 2.45) is 11.8 Å². The summed E-state index contributed by atoms with van der Waals surface area (Å²) in [6, 6.07) is 13.2. The standard InChI is InChI=1S/C16H22N2S/c1-12(2)9-13-5-3-6-14(10-13)16(18-17)11-15-7-4-8-19-15/h3-8,10,12,16,18H,9,11,17H2,1-2H3. The number of thiophene rings is 1. The summed E-state index contributed by atoms with van der Waals surface area (Å²) in [5, 5.41) is 2.11. The number of hydrogen-bond acceptors (Lipinski definition) is 3. The number of hydrazine groups is 1. The molecule has 0 amide bonds. The number of benzene rings is 1. The lowest BCUT2D eigenvalue weighted by Crippen LogP contribution is -2.29. The topological polar surface area (TPSA) is 38.0 Å². The first-order valence-electron chi connectivity index (χ1n) is 6.76. The van der Waals surface area contributed by atoms with Crippen LogP contribution in [0.1, 0.15) is 35.9 Å². The fourth-order valence-corrected chi connectivity index (χ4v) is 3.06. The van der Waals surface area contributed by atoms with Crippen LogP contribution in [0.15, 0.2) is 41.8 Å². The first kappa shape index (κ1) is 14.3. The van der Waals surface area contributed by atoms with Crippen LogP contribution in [0.5, 0.6) is 0 Å². The molecule has 1 unspecified atom stereocenters. The van der Waals surface area contributed by atoms with E-state index in [4.69, 9.17) is 5.84 Å². The van der Waals surface area contributed by atoms with Gasteiger partial charge in [-0.05, 0) is 34.9 Å². The van der Waals surface area contributed by atoms with Gasteiger partial charge in [-0.2, -0.15) is 0 Å². The van der Waals surface area contributed by atoms with E-state index in [0.717, 1.165) is 12.8 Å². The molecule has 0 fully saturated rings. The van der Waals surface area contributed by atoms with Gasteiger partial charge in [-0.25, -0.2) is 0 Å². The first-order chi connectivity index (χ1) is 9.19. The van der Waals surface area contributed by atoms with Gasteiger partial charge in [0.15, 0.2) is 0 Å². The van der Waals surface area contributed by atoms with Crippen molar-refractivity contribution in [1.82, 2.24) is 5.43 Å². The van der Waals surface area contributed by atoms with Crippen LogP contribution in [0, 0.1) is 5.92 Å². The molecule has 1 atom stereocenters. The summed E-state index contributed by atoms with van der Waals surface area (Å²) in [4.78, 5) is 1.36. The van der Waals surface area contributed by atoms with Crippen LogP contribution in [0.25, 0.3) is 0 Å². The van der Waals surface area contributed by atoms with E-state index in [-0.39, 0.29) is 6.04 Å². The van der Waals surface area contributed by atoms with Gasteiger partial charge in [0.2, 0.25) is 0 Å². The molecule has 2 rings (SSSR count). The summed E-state index contributed by atoms with van der Waals surface area (Å²) >= 11 is 1.78. The molecular formula is C16H22N2S. The number of nitrogens with one attached hydrogen (secondary N) is 1. The van der Waals surface area contributed by atoms with Gasteiger partial charge in [-0.15, -0.1) is 11.3 Å². The highest BCUT2D eigenvalue weighted by Crippen LogP contribution is 2.22. The lowest BCUT2D eigenvalue weighted by molar-refractivity contribution is 0.554. The third-order valence-corrected chi connectivity index (χ3v) is 4.08. The summed E-state index contributed by atoms with van der Waals surface area (Å²) in [7, 11) is 0. The molecule has 0 bridgehead atoms. The van der Waals surface area contributed by atoms with Crippen molar-refractivity contribution in [1.29, 1.82) is 0 Å². The maximum atomic E-state index is 5.73. The highest BCUT2D eigenvalue weighted by atomic mass is 32.1. The molecule has 19 heavy (non-hydrogen) atoms. The van der Waals surface area contributed by atoms with Crippen molar-refractivity contribution < 1.29 is 0 Å². The second-order valence-corrected chi connectivity index (χ2v) is 6.38. The monoisotopic (exact) mass is 274 g/mol. The van der Waals surface area contributed by atoms with Crippen molar-refractivity contribution in [3.63, 3.8) is 0 Å². The van der Waals surface area contributed by atoms with E-state index in [2.05, 4.69) is 61.1 Å². The number of nitrogens with two attached hydrogens (primary N) is 1. The second-order valence-electron chi connectivity index (χ2n) is 5.35. The van der Waals surface area contributed by atoms with Gasteiger partial charge >= 0.3 is 0 Å². The predicted octanol–water partition coefficient (Wildman–Crippen LogP) is 3.69. The quantitative estimate of drug-likeness (QED) is 0.623. The van der Waals surface area contributed by atoms with E-state index in [0.29, 0.717) is 5.92 Å². The van der Waals surface area contributed by atoms with Crippen LogP contribution < -0.4 is 11.3 Å². The molecule has 0 saturated heterocycles. The van der Waals surface area contributed by atoms with E-state index < -0.39 is 0 Å². The summed E-state index contributed by atoms with van der Waals surface area (Å²) in [6.45, 7) is 4.49. The SMILES string of the molecule is CC(C)Cc1cccc(C(Cc2cccs2)NN)c1. The first-order valence-corrected chi connectivity index (χ1v) is 7.64. The van der Waals surface area contributed by atoms with Crippen LogP contribution in [0.2, 0.25) is 0 Å². The molecular weight excluding hydrogens is 252 g/mol. The molecule has 0 spiro atoms. The van der Waals surface area contributed by atoms with E-state index in [1.165, 1.54) is 16.0 Å². The molecule has 3 heteroatoms. The molecule has 0 radical (unpaired) electrons. The smallest absolute Gasteiger partial charge is 0.0508 e. The maximum absolute atomic E-state index is 5.73. The molecule has 0 aliphatic heterocycles. The van der Waals surface area contributed by atoms with Gasteiger partial charge in [-0.1, -0.05) is 44.2 Å². The Morgan fingerprint density at radius 2 is 2.00 bits per heavy atom. The van der Waals surface area contributed by atoms with Crippen LogP contribution in [-0.2, 0) is 12.8 Å². The average Bonchev–Trinajstić information content (AvgIpc) is 2.88. The average molecular weight is 274 g/mol. The molecule has 2 nitrogen and oxygen atoms in total. The third-order valence-electron chi connectivity index (χ3n) is 3.18. The zero-order valence-corrected chi connectivity index (χ0v) is 12.4. The van der Waals surface area contributed by atoms with Crippen molar-refractivity contribution in [2.75, 3.05) is 0 Å². The molecule has 3 N–H and O–H groups in total. The lowest BCUT2D eigenvalue weighted by atomic mass is 9.97. The zero-order chi connectivity index (χ0) is 13.7. The fraction of sp³-hybridized carbons (Fsp3) is 0.375. The lowest BCUT2D eigenvalue weighted by Gasteiger charge is -2.17. The van der Waals surface area contributed by atoms with Gasteiger partial charge in [-0.3, -0.25) is 11.3 Å². The molecule has 1 heterocycles. The Bertz CT molecular complexity index is 491. The summed E-state index contributed by atoms with van der Waals surface area (Å²) in [5.74, 6) is 6.40. The maximum Gasteiger partial charge on any atom is 0.0508 e. The largest absolute Gasteiger partial charge is 0.271 e. The Morgan fingerprint density at radius 3 is 2.63 bits per heavy atom. The summed E-state index contributed by atoms with van der Waals surface area (Å²) < 4.78 is 0. The highest BCUT2D eigenvalue weighted by Gasteiger charge is 2.12. The third kappa shape index (κ3) is 4.16. The van der Waals surface area contributed by atoms with E-state index in [1.807, 2.05) is 0 Å². The van der Waals surface area contributed by atoms with Crippen LogP contribution in [0.4, 0.5) is 0 Å². The highest BCUT2D eigenvalue weighted by molar-refractivity contribution is 7.09. The number of hydrogen-bond donors (Lipinski definition) is 2. The Morgan fingerprint density at radius 1 is 1.16 bits per heavy atom. The molecule has 102 valence electrons. The predicted molar refractivity (Wildman–Crippen MR) is 83.1 cm³/mol. The van der Waals surface area contributed by atoms with Crippen molar-refractivity contribution >= 4 is 11.3 Å². The van der Waals surface area contributed by atoms with Gasteiger partial charge < -0.3 is 0 Å². The van der Waals surface area contributed by atoms with Crippen LogP contribution >= 0.6 is 11.3 Å². The summed E-state index contributed by atoms with van der Waals surface area (Å²) in [5.41, 5.74) is 5.60. The molecule has 1 aromatic heterocycles. The van der Waals surface area contributed by atoms with Gasteiger partial charge in [0.1, 0.15) is 0 Å². The van der Waals surface area contributed by atoms with Crippen molar-refractivity contribution in [2.45, 2.75) is 32.7 Å². The Hall–Kier alpha value is -1.16. The van der Waals surface area contributed by atoms with Crippen LogP contribution in [0.3, 0.4) is 0 Å². The Kier molecular flexibility index (Phi) is 5.14. The molecule has 1 aromatic carbocycles. The number of rotatable bonds is 6. The Balaban J connectivity index is 2.13. The van der Waals surface area contributed by atoms with Crippen molar-refractivity contribution in [3.8, 4) is 0 Å². The Labute approximate surface area is 119 Å². The molecule has 0 saturated carbocycles. The van der Waals surface area contributed by atoms with Crippen molar-refractivity contribution in [3.05, 3.63) is 57.8 Å². The van der Waals surface area contributed by atoms with Gasteiger partial charge in [0, 0.05) is 11.3 Å². The minimum Gasteiger partial charge on any atom is -0.271 e. The van der Waals surface area contributed by atoms with E-state index >= 15 is 0 Å². The fourth-order valence-electron chi connectivity index (χ4n) is 2.31. The van der Waals surface area contributed by atoms with E-state index in [9.17, 15) is 0 Å². The van der Waals surface area contributed by atoms with E-state index in [1.54, 1.807) is 11.3 Å². The normalized spacial score (nSPS) is 12.8. The minimum absolute atomic E-state index is 0.186. The molecule has 0 aliphatic rings.